The second kappa shape index (κ2) is 4.19. The van der Waals surface area contributed by atoms with Crippen LogP contribution in [0.3, 0.4) is 0 Å². The lowest BCUT2D eigenvalue weighted by atomic mass is 10.3. The molecule has 2 aromatic rings. The molecule has 6 heteroatoms. The normalized spacial score (nSPS) is 10.9. The molecule has 0 saturated heterocycles. The summed E-state index contributed by atoms with van der Waals surface area (Å²) >= 11 is 6.04. The zero-order valence-electron chi connectivity index (χ0n) is 8.90. The molecule has 2 heterocycles. The number of halogens is 1. The standard InChI is InChI=1S/C10H10ClN3O2/c1-6-13-9-8(11)7(4-15)3-12-10(9)14(6)5-16-2/h3-4H,5H2,1-2H3. The Bertz CT molecular complexity index is 550. The fraction of sp³-hybridized carbons (Fsp3) is 0.300. The number of pyridine rings is 1. The number of aldehydes is 1. The Morgan fingerprint density at radius 1 is 1.62 bits per heavy atom. The number of imidazole rings is 1. The van der Waals surface area contributed by atoms with Gasteiger partial charge >= 0.3 is 0 Å². The molecule has 0 saturated carbocycles. The molecule has 0 spiro atoms. The molecule has 0 unspecified atom stereocenters. The number of carbonyl (C=O) groups excluding carboxylic acids is 1. The van der Waals surface area contributed by atoms with Crippen molar-refractivity contribution in [3.8, 4) is 0 Å². The molecule has 0 atom stereocenters. The van der Waals surface area contributed by atoms with Gasteiger partial charge in [0, 0.05) is 13.3 Å². The molecule has 2 rings (SSSR count). The second-order valence-electron chi connectivity index (χ2n) is 3.32. The number of nitrogens with zero attached hydrogens (tertiary/aromatic N) is 3. The largest absolute Gasteiger partial charge is 0.364 e. The highest BCUT2D eigenvalue weighted by Gasteiger charge is 2.14. The van der Waals surface area contributed by atoms with E-state index in [4.69, 9.17) is 16.3 Å². The predicted octanol–water partition coefficient (Wildman–Crippen LogP) is 1.81. The molecule has 0 N–H and O–H groups in total. The van der Waals surface area contributed by atoms with Crippen LogP contribution in [0.15, 0.2) is 6.20 Å². The van der Waals surface area contributed by atoms with E-state index in [1.807, 2.05) is 6.92 Å². The van der Waals surface area contributed by atoms with Gasteiger partial charge in [0.25, 0.3) is 0 Å². The number of aromatic nitrogens is 3. The van der Waals surface area contributed by atoms with E-state index in [0.29, 0.717) is 34.8 Å². The van der Waals surface area contributed by atoms with Gasteiger partial charge in [-0.2, -0.15) is 0 Å². The SMILES string of the molecule is COCn1c(C)nc2c(Cl)c(C=O)cnc21. The summed E-state index contributed by atoms with van der Waals surface area (Å²) in [4.78, 5) is 19.1. The maximum Gasteiger partial charge on any atom is 0.163 e. The number of hydrogen-bond acceptors (Lipinski definition) is 4. The van der Waals surface area contributed by atoms with Crippen molar-refractivity contribution in [3.63, 3.8) is 0 Å². The van der Waals surface area contributed by atoms with Gasteiger partial charge < -0.3 is 4.74 Å². The Balaban J connectivity index is 2.73. The van der Waals surface area contributed by atoms with E-state index >= 15 is 0 Å². The monoisotopic (exact) mass is 239 g/mol. The van der Waals surface area contributed by atoms with Crippen LogP contribution in [-0.2, 0) is 11.5 Å². The van der Waals surface area contributed by atoms with Crippen molar-refractivity contribution in [2.75, 3.05) is 7.11 Å². The van der Waals surface area contributed by atoms with Crippen molar-refractivity contribution in [2.45, 2.75) is 13.7 Å². The topological polar surface area (TPSA) is 57.0 Å². The Kier molecular flexibility index (Phi) is 2.89. The van der Waals surface area contributed by atoms with Gasteiger partial charge in [0.15, 0.2) is 11.9 Å². The number of hydrogen-bond donors (Lipinski definition) is 0. The molecule has 0 radical (unpaired) electrons. The fourth-order valence-electron chi connectivity index (χ4n) is 1.52. The summed E-state index contributed by atoms with van der Waals surface area (Å²) in [6.45, 7) is 2.18. The van der Waals surface area contributed by atoms with Crippen molar-refractivity contribution in [3.05, 3.63) is 22.6 Å². The molecule has 0 aliphatic rings. The first kappa shape index (κ1) is 11.0. The van der Waals surface area contributed by atoms with Crippen LogP contribution < -0.4 is 0 Å². The van der Waals surface area contributed by atoms with Gasteiger partial charge in [-0.1, -0.05) is 11.6 Å². The summed E-state index contributed by atoms with van der Waals surface area (Å²) in [5, 5.41) is 0.331. The van der Waals surface area contributed by atoms with Crippen LogP contribution in [0.25, 0.3) is 11.2 Å². The van der Waals surface area contributed by atoms with Gasteiger partial charge in [0.2, 0.25) is 0 Å². The molecule has 0 bridgehead atoms. The molecular formula is C10H10ClN3O2. The van der Waals surface area contributed by atoms with Crippen molar-refractivity contribution in [1.82, 2.24) is 14.5 Å². The molecule has 0 aliphatic heterocycles. The van der Waals surface area contributed by atoms with Gasteiger partial charge in [0.1, 0.15) is 18.1 Å². The Morgan fingerprint density at radius 2 is 2.38 bits per heavy atom. The first-order valence-electron chi connectivity index (χ1n) is 4.64. The van der Waals surface area contributed by atoms with Gasteiger partial charge in [-0.3, -0.25) is 9.36 Å². The van der Waals surface area contributed by atoms with Crippen LogP contribution in [0.1, 0.15) is 16.2 Å². The Hall–Kier alpha value is -1.46. The summed E-state index contributed by atoms with van der Waals surface area (Å²) in [5.74, 6) is 0.745. The maximum atomic E-state index is 10.7. The molecule has 2 aromatic heterocycles. The van der Waals surface area contributed by atoms with E-state index < -0.39 is 0 Å². The van der Waals surface area contributed by atoms with Gasteiger partial charge in [-0.25, -0.2) is 9.97 Å². The van der Waals surface area contributed by atoms with Gasteiger partial charge in [0.05, 0.1) is 10.6 Å². The minimum absolute atomic E-state index is 0.331. The van der Waals surface area contributed by atoms with Crippen LogP contribution in [0, 0.1) is 6.92 Å². The van der Waals surface area contributed by atoms with Crippen molar-refractivity contribution >= 4 is 29.1 Å². The lowest BCUT2D eigenvalue weighted by Gasteiger charge is -2.03. The summed E-state index contributed by atoms with van der Waals surface area (Å²) in [6.07, 6.45) is 2.10. The minimum atomic E-state index is 0.331. The van der Waals surface area contributed by atoms with Crippen molar-refractivity contribution in [2.24, 2.45) is 0 Å². The van der Waals surface area contributed by atoms with Crippen LogP contribution in [0.4, 0.5) is 0 Å². The molecule has 0 fully saturated rings. The first-order valence-corrected chi connectivity index (χ1v) is 5.02. The average Bonchev–Trinajstić information content (AvgIpc) is 2.59. The van der Waals surface area contributed by atoms with Crippen LogP contribution in [0.5, 0.6) is 0 Å². The number of fused-ring (bicyclic) bond motifs is 1. The lowest BCUT2D eigenvalue weighted by molar-refractivity contribution is 0.112. The third kappa shape index (κ3) is 1.58. The predicted molar refractivity (Wildman–Crippen MR) is 59.7 cm³/mol. The Morgan fingerprint density at radius 3 is 3.00 bits per heavy atom. The molecule has 0 aliphatic carbocycles. The van der Waals surface area contributed by atoms with Crippen molar-refractivity contribution < 1.29 is 9.53 Å². The molecule has 0 amide bonds. The summed E-state index contributed by atoms with van der Waals surface area (Å²) < 4.78 is 6.83. The first-order chi connectivity index (χ1) is 7.69. The highest BCUT2D eigenvalue weighted by molar-refractivity contribution is 6.37. The molecule has 84 valence electrons. The van der Waals surface area contributed by atoms with Crippen molar-refractivity contribution in [1.29, 1.82) is 0 Å². The van der Waals surface area contributed by atoms with Crippen LogP contribution >= 0.6 is 11.6 Å². The third-order valence-corrected chi connectivity index (χ3v) is 2.70. The van der Waals surface area contributed by atoms with E-state index in [-0.39, 0.29) is 0 Å². The Labute approximate surface area is 97.0 Å². The maximum absolute atomic E-state index is 10.7. The minimum Gasteiger partial charge on any atom is -0.364 e. The number of methoxy groups -OCH3 is 1. The summed E-state index contributed by atoms with van der Waals surface area (Å²) in [7, 11) is 1.59. The zero-order valence-corrected chi connectivity index (χ0v) is 9.65. The van der Waals surface area contributed by atoms with Gasteiger partial charge in [-0.15, -0.1) is 0 Å². The highest BCUT2D eigenvalue weighted by atomic mass is 35.5. The quantitative estimate of drug-likeness (QED) is 0.767. The summed E-state index contributed by atoms with van der Waals surface area (Å²) in [5.41, 5.74) is 1.49. The van der Waals surface area contributed by atoms with Gasteiger partial charge in [-0.05, 0) is 6.92 Å². The molecular weight excluding hydrogens is 230 g/mol. The average molecular weight is 240 g/mol. The smallest absolute Gasteiger partial charge is 0.163 e. The van der Waals surface area contributed by atoms with Crippen LogP contribution in [-0.4, -0.2) is 27.9 Å². The zero-order chi connectivity index (χ0) is 11.7. The van der Waals surface area contributed by atoms with E-state index in [1.165, 1.54) is 6.20 Å². The van der Waals surface area contributed by atoms with E-state index in [2.05, 4.69) is 9.97 Å². The number of aryl methyl sites for hydroxylation is 1. The molecule has 5 nitrogen and oxygen atoms in total. The fourth-order valence-corrected chi connectivity index (χ4v) is 1.74. The van der Waals surface area contributed by atoms with E-state index in [9.17, 15) is 4.79 Å². The second-order valence-corrected chi connectivity index (χ2v) is 3.70. The number of carbonyl (C=O) groups is 1. The van der Waals surface area contributed by atoms with E-state index in [1.54, 1.807) is 11.7 Å². The number of rotatable bonds is 3. The molecule has 0 aromatic carbocycles. The van der Waals surface area contributed by atoms with E-state index in [0.717, 1.165) is 5.82 Å². The highest BCUT2D eigenvalue weighted by Crippen LogP contribution is 2.24. The number of ether oxygens (including phenoxy) is 1. The lowest BCUT2D eigenvalue weighted by Crippen LogP contribution is -2.03. The van der Waals surface area contributed by atoms with Crippen LogP contribution in [0.2, 0.25) is 5.02 Å². The third-order valence-electron chi connectivity index (χ3n) is 2.30. The molecule has 16 heavy (non-hydrogen) atoms. The summed E-state index contributed by atoms with van der Waals surface area (Å²) in [6, 6.07) is 0.